The van der Waals surface area contributed by atoms with E-state index in [2.05, 4.69) is 25.8 Å². The normalized spacial score (nSPS) is 11.9. The Morgan fingerprint density at radius 2 is 1.16 bits per heavy atom. The van der Waals surface area contributed by atoms with E-state index >= 15 is 0 Å². The van der Waals surface area contributed by atoms with Crippen molar-refractivity contribution in [1.82, 2.24) is 0 Å². The van der Waals surface area contributed by atoms with Gasteiger partial charge in [-0.25, -0.2) is 4.79 Å². The molecule has 0 unspecified atom stereocenters. The smallest absolute Gasteiger partial charge is 0.343 e. The van der Waals surface area contributed by atoms with E-state index in [4.69, 9.17) is 14.2 Å². The molecule has 5 heteroatoms. The summed E-state index contributed by atoms with van der Waals surface area (Å²) in [6, 6.07) is 22.2. The number of aliphatic imine (C=N–C) groups is 1. The lowest BCUT2D eigenvalue weighted by Gasteiger charge is -2.12. The van der Waals surface area contributed by atoms with Crippen molar-refractivity contribution in [2.75, 3.05) is 6.61 Å². The topological polar surface area (TPSA) is 57.1 Å². The molecule has 0 heterocycles. The summed E-state index contributed by atoms with van der Waals surface area (Å²) in [5.41, 5.74) is 2.24. The molecule has 0 aromatic heterocycles. The summed E-state index contributed by atoms with van der Waals surface area (Å²) in [7, 11) is 0. The molecule has 0 fully saturated rings. The molecule has 45 heavy (non-hydrogen) atoms. The van der Waals surface area contributed by atoms with Crippen LogP contribution in [-0.4, -0.2) is 24.9 Å². The number of benzene rings is 3. The molecule has 0 saturated heterocycles. The van der Waals surface area contributed by atoms with E-state index in [1.54, 1.807) is 30.5 Å². The Labute approximate surface area is 272 Å². The fourth-order valence-electron chi connectivity index (χ4n) is 5.04. The van der Waals surface area contributed by atoms with E-state index in [-0.39, 0.29) is 6.10 Å². The summed E-state index contributed by atoms with van der Waals surface area (Å²) in [5, 5.41) is 0. The minimum atomic E-state index is -0.394. The van der Waals surface area contributed by atoms with Crippen LogP contribution < -0.4 is 14.2 Å². The molecule has 0 spiro atoms. The van der Waals surface area contributed by atoms with E-state index < -0.39 is 5.97 Å². The van der Waals surface area contributed by atoms with E-state index in [0.717, 1.165) is 35.6 Å². The lowest BCUT2D eigenvalue weighted by Crippen LogP contribution is -2.09. The zero-order valence-corrected chi connectivity index (χ0v) is 28.0. The molecule has 3 aromatic carbocycles. The largest absolute Gasteiger partial charge is 0.494 e. The highest BCUT2D eigenvalue weighted by molar-refractivity contribution is 5.91. The van der Waals surface area contributed by atoms with Gasteiger partial charge in [-0.3, -0.25) is 4.99 Å². The molecule has 0 radical (unpaired) electrons. The van der Waals surface area contributed by atoms with Gasteiger partial charge in [0.2, 0.25) is 0 Å². The highest BCUT2D eigenvalue weighted by Crippen LogP contribution is 2.21. The van der Waals surface area contributed by atoms with Crippen molar-refractivity contribution in [3.8, 4) is 17.2 Å². The van der Waals surface area contributed by atoms with Crippen molar-refractivity contribution in [2.45, 2.75) is 123 Å². The quantitative estimate of drug-likeness (QED) is 0.0462. The Hall–Kier alpha value is -3.60. The molecule has 3 aromatic rings. The third-order valence-corrected chi connectivity index (χ3v) is 8.06. The van der Waals surface area contributed by atoms with Crippen LogP contribution in [0.1, 0.15) is 133 Å². The van der Waals surface area contributed by atoms with Gasteiger partial charge in [-0.2, -0.15) is 0 Å². The van der Waals surface area contributed by atoms with Crippen LogP contribution in [0.5, 0.6) is 17.2 Å². The van der Waals surface area contributed by atoms with Crippen LogP contribution in [0.15, 0.2) is 77.8 Å². The van der Waals surface area contributed by atoms with Gasteiger partial charge in [0.1, 0.15) is 17.2 Å². The van der Waals surface area contributed by atoms with Gasteiger partial charge in [0, 0.05) is 6.21 Å². The first-order valence-corrected chi connectivity index (χ1v) is 17.4. The SMILES string of the molecule is CCCCCCCCCCCCCCCCOc1ccc(C(=O)Oc2ccc(C=Nc3ccc(O[C@@H](C)CC)cc3)cc2)cc1. The number of carbonyl (C=O) groups is 1. The van der Waals surface area contributed by atoms with Crippen molar-refractivity contribution in [3.63, 3.8) is 0 Å². The van der Waals surface area contributed by atoms with E-state index in [9.17, 15) is 4.79 Å². The van der Waals surface area contributed by atoms with Crippen molar-refractivity contribution in [2.24, 2.45) is 4.99 Å². The highest BCUT2D eigenvalue weighted by Gasteiger charge is 2.09. The molecular weight excluding hydrogens is 558 g/mol. The van der Waals surface area contributed by atoms with Gasteiger partial charge in [0.05, 0.1) is 24.0 Å². The Kier molecular flexibility index (Phi) is 17.5. The Morgan fingerprint density at radius 1 is 0.644 bits per heavy atom. The summed E-state index contributed by atoms with van der Waals surface area (Å²) in [5.74, 6) is 1.72. The minimum Gasteiger partial charge on any atom is -0.494 e. The second-order valence-corrected chi connectivity index (χ2v) is 12.0. The molecule has 0 saturated carbocycles. The standard InChI is InChI=1S/C40H55NO4/c1-4-6-7-8-9-10-11-12-13-14-15-16-17-18-31-43-37-27-21-35(22-28-37)40(42)45-39-25-19-34(20-26-39)32-41-36-23-29-38(30-24-36)44-33(3)5-2/h19-30,32-33H,4-18,31H2,1-3H3/t33-/m0/s1. The van der Waals surface area contributed by atoms with Crippen LogP contribution >= 0.6 is 0 Å². The molecule has 0 aliphatic heterocycles. The Balaban J connectivity index is 1.26. The van der Waals surface area contributed by atoms with Crippen LogP contribution in [0, 0.1) is 0 Å². The van der Waals surface area contributed by atoms with Crippen LogP contribution in [0.25, 0.3) is 0 Å². The van der Waals surface area contributed by atoms with Crippen LogP contribution in [0.3, 0.4) is 0 Å². The fourth-order valence-corrected chi connectivity index (χ4v) is 5.04. The maximum Gasteiger partial charge on any atom is 0.343 e. The van der Waals surface area contributed by atoms with Crippen molar-refractivity contribution in [3.05, 3.63) is 83.9 Å². The predicted molar refractivity (Wildman–Crippen MR) is 188 cm³/mol. The number of hydrogen-bond donors (Lipinski definition) is 0. The van der Waals surface area contributed by atoms with Gasteiger partial charge < -0.3 is 14.2 Å². The molecule has 244 valence electrons. The lowest BCUT2D eigenvalue weighted by molar-refractivity contribution is 0.0734. The first-order valence-electron chi connectivity index (χ1n) is 17.4. The van der Waals surface area contributed by atoms with Gasteiger partial charge in [-0.15, -0.1) is 0 Å². The number of ether oxygens (including phenoxy) is 3. The molecule has 1 atom stereocenters. The first kappa shape index (κ1) is 35.9. The molecule has 0 bridgehead atoms. The maximum absolute atomic E-state index is 12.6. The maximum atomic E-state index is 12.6. The second-order valence-electron chi connectivity index (χ2n) is 12.0. The van der Waals surface area contributed by atoms with Gasteiger partial charge in [0.15, 0.2) is 0 Å². The number of rotatable bonds is 23. The van der Waals surface area contributed by atoms with Gasteiger partial charge in [-0.1, -0.05) is 97.3 Å². The molecule has 0 aliphatic rings. The Morgan fingerprint density at radius 3 is 1.71 bits per heavy atom. The monoisotopic (exact) mass is 613 g/mol. The van der Waals surface area contributed by atoms with Gasteiger partial charge in [-0.05, 0) is 98.1 Å². The number of hydrogen-bond acceptors (Lipinski definition) is 5. The van der Waals surface area contributed by atoms with Crippen LogP contribution in [-0.2, 0) is 0 Å². The fraction of sp³-hybridized carbons (Fsp3) is 0.500. The summed E-state index contributed by atoms with van der Waals surface area (Å²) in [6.07, 6.45) is 21.8. The average Bonchev–Trinajstić information content (AvgIpc) is 3.07. The first-order chi connectivity index (χ1) is 22.1. The second kappa shape index (κ2) is 22.0. The van der Waals surface area contributed by atoms with Crippen LogP contribution in [0.4, 0.5) is 5.69 Å². The van der Waals surface area contributed by atoms with Crippen molar-refractivity contribution >= 4 is 17.9 Å². The van der Waals surface area contributed by atoms with Gasteiger partial charge in [0.25, 0.3) is 0 Å². The third-order valence-electron chi connectivity index (χ3n) is 8.06. The molecular formula is C40H55NO4. The molecule has 5 nitrogen and oxygen atoms in total. The summed E-state index contributed by atoms with van der Waals surface area (Å²) in [4.78, 5) is 17.2. The lowest BCUT2D eigenvalue weighted by atomic mass is 10.0. The van der Waals surface area contributed by atoms with Crippen LogP contribution in [0.2, 0.25) is 0 Å². The number of carbonyl (C=O) groups excluding carboxylic acids is 1. The summed E-state index contributed by atoms with van der Waals surface area (Å²) < 4.78 is 17.3. The van der Waals surface area contributed by atoms with E-state index in [0.29, 0.717) is 17.9 Å². The van der Waals surface area contributed by atoms with Crippen molar-refractivity contribution < 1.29 is 19.0 Å². The Bertz CT molecular complexity index is 1220. The predicted octanol–water partition coefficient (Wildman–Crippen LogP) is 11.7. The number of nitrogens with zero attached hydrogens (tertiary/aromatic N) is 1. The number of esters is 1. The zero-order valence-electron chi connectivity index (χ0n) is 28.0. The molecule has 0 aliphatic carbocycles. The zero-order chi connectivity index (χ0) is 32.0. The molecule has 0 N–H and O–H groups in total. The van der Waals surface area contributed by atoms with Gasteiger partial charge >= 0.3 is 5.97 Å². The third kappa shape index (κ3) is 15.3. The van der Waals surface area contributed by atoms with E-state index in [1.807, 2.05) is 48.5 Å². The number of unbranched alkanes of at least 4 members (excludes halogenated alkanes) is 13. The minimum absolute atomic E-state index is 0.189. The molecule has 0 amide bonds. The highest BCUT2D eigenvalue weighted by atomic mass is 16.5. The van der Waals surface area contributed by atoms with Crippen molar-refractivity contribution in [1.29, 1.82) is 0 Å². The van der Waals surface area contributed by atoms with E-state index in [1.165, 1.54) is 83.5 Å². The summed E-state index contributed by atoms with van der Waals surface area (Å²) >= 11 is 0. The molecule has 3 rings (SSSR count). The summed E-state index contributed by atoms with van der Waals surface area (Å²) in [6.45, 7) is 7.14. The average molecular weight is 614 g/mol.